The molecule has 0 aliphatic carbocycles. The van der Waals surface area contributed by atoms with Gasteiger partial charge in [0.1, 0.15) is 6.54 Å². The number of anilines is 2. The van der Waals surface area contributed by atoms with E-state index in [0.29, 0.717) is 16.4 Å². The van der Waals surface area contributed by atoms with Crippen LogP contribution in [0.3, 0.4) is 0 Å². The second-order valence-electron chi connectivity index (χ2n) is 4.61. The molecule has 2 amide bonds. The van der Waals surface area contributed by atoms with Gasteiger partial charge in [-0.1, -0.05) is 29.8 Å². The molecule has 0 aliphatic rings. The summed E-state index contributed by atoms with van der Waals surface area (Å²) >= 11 is 9.30. The molecule has 0 aliphatic heterocycles. The summed E-state index contributed by atoms with van der Waals surface area (Å²) in [5.41, 5.74) is 1.24. The smallest absolute Gasteiger partial charge is 0.244 e. The molecule has 0 saturated carbocycles. The molecule has 0 saturated heterocycles. The first kappa shape index (κ1) is 16.5. The van der Waals surface area contributed by atoms with Crippen LogP contribution in [0, 0.1) is 0 Å². The van der Waals surface area contributed by atoms with E-state index in [9.17, 15) is 9.59 Å². The second kappa shape index (κ2) is 7.42. The molecule has 2 aromatic carbocycles. The van der Waals surface area contributed by atoms with Gasteiger partial charge in [-0.15, -0.1) is 0 Å². The van der Waals surface area contributed by atoms with Crippen LogP contribution in [0.4, 0.5) is 11.4 Å². The van der Waals surface area contributed by atoms with Gasteiger partial charge in [-0.2, -0.15) is 0 Å². The third kappa shape index (κ3) is 4.32. The summed E-state index contributed by atoms with van der Waals surface area (Å²) in [6.07, 6.45) is 0. The molecule has 114 valence electrons. The molecule has 0 unspecified atom stereocenters. The number of nitrogens with zero attached hydrogens (tertiary/aromatic N) is 1. The molecule has 2 rings (SSSR count). The van der Waals surface area contributed by atoms with Crippen LogP contribution in [-0.2, 0) is 9.59 Å². The first-order valence-corrected chi connectivity index (χ1v) is 7.72. The van der Waals surface area contributed by atoms with E-state index in [2.05, 4.69) is 21.2 Å². The van der Waals surface area contributed by atoms with Gasteiger partial charge in [0, 0.05) is 22.1 Å². The lowest BCUT2D eigenvalue weighted by molar-refractivity contribution is -0.120. The Morgan fingerprint density at radius 1 is 1.18 bits per heavy atom. The molecule has 22 heavy (non-hydrogen) atoms. The van der Waals surface area contributed by atoms with Crippen LogP contribution < -0.4 is 10.2 Å². The molecule has 0 fully saturated rings. The Labute approximate surface area is 142 Å². The molecule has 0 radical (unpaired) electrons. The van der Waals surface area contributed by atoms with Gasteiger partial charge in [-0.25, -0.2) is 0 Å². The minimum absolute atomic E-state index is 0.0863. The summed E-state index contributed by atoms with van der Waals surface area (Å²) in [6.45, 7) is 1.32. The molecule has 2 aromatic rings. The number of para-hydroxylation sites is 1. The van der Waals surface area contributed by atoms with Gasteiger partial charge in [0.2, 0.25) is 11.8 Å². The molecule has 0 bridgehead atoms. The van der Waals surface area contributed by atoms with Crippen molar-refractivity contribution in [2.75, 3.05) is 16.8 Å². The molecule has 0 spiro atoms. The average molecular weight is 382 g/mol. The van der Waals surface area contributed by atoms with E-state index in [1.54, 1.807) is 30.3 Å². The van der Waals surface area contributed by atoms with Gasteiger partial charge in [0.25, 0.3) is 0 Å². The van der Waals surface area contributed by atoms with Crippen LogP contribution in [0.15, 0.2) is 53.0 Å². The fourth-order valence-electron chi connectivity index (χ4n) is 1.92. The van der Waals surface area contributed by atoms with Gasteiger partial charge < -0.3 is 10.2 Å². The van der Waals surface area contributed by atoms with Crippen LogP contribution >= 0.6 is 27.5 Å². The number of hydrogen-bond acceptors (Lipinski definition) is 2. The third-order valence-corrected chi connectivity index (χ3v) is 3.88. The quantitative estimate of drug-likeness (QED) is 0.867. The van der Waals surface area contributed by atoms with Crippen molar-refractivity contribution in [1.82, 2.24) is 0 Å². The Balaban J connectivity index is 2.13. The lowest BCUT2D eigenvalue weighted by Gasteiger charge is -2.21. The predicted molar refractivity (Wildman–Crippen MR) is 92.3 cm³/mol. The Morgan fingerprint density at radius 2 is 1.91 bits per heavy atom. The Hall–Kier alpha value is -1.85. The molecule has 0 heterocycles. The monoisotopic (exact) mass is 380 g/mol. The standard InChI is InChI=1S/C16H14BrClN2O2/c1-11(21)20(13-6-4-5-12(18)9-13)10-16(22)19-15-8-3-2-7-14(15)17/h2-9H,10H2,1H3,(H,19,22). The van der Waals surface area contributed by atoms with Crippen molar-refractivity contribution in [3.63, 3.8) is 0 Å². The zero-order valence-corrected chi connectivity index (χ0v) is 14.2. The SMILES string of the molecule is CC(=O)N(CC(=O)Nc1ccccc1Br)c1cccc(Cl)c1. The number of halogens is 2. The van der Waals surface area contributed by atoms with Crippen molar-refractivity contribution < 1.29 is 9.59 Å². The Kier molecular flexibility index (Phi) is 5.57. The lowest BCUT2D eigenvalue weighted by Crippen LogP contribution is -2.36. The Morgan fingerprint density at radius 3 is 2.55 bits per heavy atom. The topological polar surface area (TPSA) is 49.4 Å². The van der Waals surface area contributed by atoms with Gasteiger partial charge in [0.05, 0.1) is 5.69 Å². The van der Waals surface area contributed by atoms with E-state index in [-0.39, 0.29) is 18.4 Å². The predicted octanol–water partition coefficient (Wildman–Crippen LogP) is 4.09. The second-order valence-corrected chi connectivity index (χ2v) is 5.90. The van der Waals surface area contributed by atoms with Gasteiger partial charge in [-0.3, -0.25) is 9.59 Å². The van der Waals surface area contributed by atoms with Crippen molar-refractivity contribution in [2.45, 2.75) is 6.92 Å². The molecule has 1 N–H and O–H groups in total. The zero-order chi connectivity index (χ0) is 16.1. The summed E-state index contributed by atoms with van der Waals surface area (Å²) in [5, 5.41) is 3.28. The number of hydrogen-bond donors (Lipinski definition) is 1. The fraction of sp³-hybridized carbons (Fsp3) is 0.125. The van der Waals surface area contributed by atoms with Crippen molar-refractivity contribution in [3.8, 4) is 0 Å². The summed E-state index contributed by atoms with van der Waals surface area (Å²) in [6, 6.07) is 14.1. The Bertz CT molecular complexity index is 706. The lowest BCUT2D eigenvalue weighted by atomic mass is 10.2. The number of carbonyl (C=O) groups excluding carboxylic acids is 2. The van der Waals surface area contributed by atoms with Crippen molar-refractivity contribution in [2.24, 2.45) is 0 Å². The molecule has 4 nitrogen and oxygen atoms in total. The van der Waals surface area contributed by atoms with Crippen LogP contribution in [0.25, 0.3) is 0 Å². The number of benzene rings is 2. The van der Waals surface area contributed by atoms with E-state index < -0.39 is 0 Å². The minimum atomic E-state index is -0.290. The highest BCUT2D eigenvalue weighted by Gasteiger charge is 2.16. The summed E-state index contributed by atoms with van der Waals surface area (Å²) in [4.78, 5) is 25.4. The number of rotatable bonds is 4. The number of amides is 2. The third-order valence-electron chi connectivity index (χ3n) is 2.95. The maximum Gasteiger partial charge on any atom is 0.244 e. The van der Waals surface area contributed by atoms with E-state index in [1.807, 2.05) is 18.2 Å². The highest BCUT2D eigenvalue weighted by atomic mass is 79.9. The van der Waals surface area contributed by atoms with Gasteiger partial charge in [-0.05, 0) is 46.3 Å². The van der Waals surface area contributed by atoms with Crippen LogP contribution in [0.5, 0.6) is 0 Å². The molecular weight excluding hydrogens is 368 g/mol. The first-order valence-electron chi connectivity index (χ1n) is 6.55. The number of carbonyl (C=O) groups is 2. The molecular formula is C16H14BrClN2O2. The highest BCUT2D eigenvalue weighted by molar-refractivity contribution is 9.10. The van der Waals surface area contributed by atoms with Crippen molar-refractivity contribution in [3.05, 3.63) is 58.0 Å². The van der Waals surface area contributed by atoms with Crippen LogP contribution in [-0.4, -0.2) is 18.4 Å². The summed E-state index contributed by atoms with van der Waals surface area (Å²) in [7, 11) is 0. The van der Waals surface area contributed by atoms with Gasteiger partial charge in [0.15, 0.2) is 0 Å². The van der Waals surface area contributed by atoms with Crippen molar-refractivity contribution >= 4 is 50.7 Å². The normalized spacial score (nSPS) is 10.1. The van der Waals surface area contributed by atoms with E-state index in [4.69, 9.17) is 11.6 Å². The number of nitrogens with one attached hydrogen (secondary N) is 1. The first-order chi connectivity index (χ1) is 10.5. The molecule has 0 aromatic heterocycles. The zero-order valence-electron chi connectivity index (χ0n) is 11.8. The minimum Gasteiger partial charge on any atom is -0.324 e. The van der Waals surface area contributed by atoms with E-state index >= 15 is 0 Å². The summed E-state index contributed by atoms with van der Waals surface area (Å²) < 4.78 is 0.778. The van der Waals surface area contributed by atoms with Gasteiger partial charge >= 0.3 is 0 Å². The molecule has 0 atom stereocenters. The maximum atomic E-state index is 12.2. The highest BCUT2D eigenvalue weighted by Crippen LogP contribution is 2.22. The van der Waals surface area contributed by atoms with Crippen molar-refractivity contribution in [1.29, 1.82) is 0 Å². The van der Waals surface area contributed by atoms with E-state index in [0.717, 1.165) is 4.47 Å². The van der Waals surface area contributed by atoms with Crippen LogP contribution in [0.2, 0.25) is 5.02 Å². The van der Waals surface area contributed by atoms with E-state index in [1.165, 1.54) is 11.8 Å². The summed E-state index contributed by atoms with van der Waals surface area (Å²) in [5.74, 6) is -0.522. The average Bonchev–Trinajstić information content (AvgIpc) is 2.47. The van der Waals surface area contributed by atoms with Crippen LogP contribution in [0.1, 0.15) is 6.92 Å². The maximum absolute atomic E-state index is 12.2. The molecule has 6 heteroatoms. The fourth-order valence-corrected chi connectivity index (χ4v) is 2.49. The largest absolute Gasteiger partial charge is 0.324 e.